The summed E-state index contributed by atoms with van der Waals surface area (Å²) in [5, 5.41) is 11.5. The van der Waals surface area contributed by atoms with Crippen molar-refractivity contribution >= 4 is 5.91 Å². The summed E-state index contributed by atoms with van der Waals surface area (Å²) >= 11 is 0. The van der Waals surface area contributed by atoms with E-state index in [1.165, 1.54) is 29.8 Å². The van der Waals surface area contributed by atoms with Gasteiger partial charge in [-0.1, -0.05) is 25.5 Å². The van der Waals surface area contributed by atoms with Crippen molar-refractivity contribution in [2.24, 2.45) is 23.7 Å². The van der Waals surface area contributed by atoms with Crippen LogP contribution < -0.4 is 5.32 Å². The standard InChI is InChI=1S/C26H29FN4O2/c1-16(2)23-13-20(14-24-30-31-26(33-24)19-8-10-28-11-9-19)17(3)12-21(23)15-29-25(32)18-4-6-22(27)7-5-18/h4-12,16,20-21,23H,13-15H2,1-3H3,(H,29,32)/t20-,21-,23-/m0/s1. The fraction of sp³-hybridized carbons (Fsp3) is 0.385. The molecule has 0 saturated heterocycles. The highest BCUT2D eigenvalue weighted by Gasteiger charge is 2.32. The van der Waals surface area contributed by atoms with Crippen molar-refractivity contribution in [2.45, 2.75) is 33.6 Å². The molecule has 0 fully saturated rings. The number of rotatable bonds is 7. The lowest BCUT2D eigenvalue weighted by atomic mass is 9.70. The van der Waals surface area contributed by atoms with Crippen LogP contribution in [0.2, 0.25) is 0 Å². The van der Waals surface area contributed by atoms with Crippen LogP contribution in [-0.2, 0) is 6.42 Å². The molecule has 0 bridgehead atoms. The number of pyridine rings is 1. The maximum Gasteiger partial charge on any atom is 0.251 e. The van der Waals surface area contributed by atoms with E-state index in [0.29, 0.717) is 48.1 Å². The van der Waals surface area contributed by atoms with E-state index < -0.39 is 0 Å². The van der Waals surface area contributed by atoms with Crippen molar-refractivity contribution in [3.05, 3.63) is 77.7 Å². The Bertz CT molecular complexity index is 1110. The second kappa shape index (κ2) is 10.1. The zero-order valence-electron chi connectivity index (χ0n) is 19.2. The Morgan fingerprint density at radius 1 is 1.15 bits per heavy atom. The van der Waals surface area contributed by atoms with Crippen molar-refractivity contribution < 1.29 is 13.6 Å². The second-order valence-electron chi connectivity index (χ2n) is 9.07. The topological polar surface area (TPSA) is 80.9 Å². The van der Waals surface area contributed by atoms with Crippen molar-refractivity contribution in [3.63, 3.8) is 0 Å². The molecule has 0 spiro atoms. The summed E-state index contributed by atoms with van der Waals surface area (Å²) in [6, 6.07) is 9.32. The van der Waals surface area contributed by atoms with Gasteiger partial charge in [0.1, 0.15) is 5.82 Å². The van der Waals surface area contributed by atoms with E-state index in [0.717, 1.165) is 12.0 Å². The van der Waals surface area contributed by atoms with Crippen LogP contribution in [0.1, 0.15) is 43.4 Å². The van der Waals surface area contributed by atoms with Gasteiger partial charge in [0.05, 0.1) is 0 Å². The number of allylic oxidation sites excluding steroid dienone is 1. The number of halogens is 1. The molecule has 3 aromatic rings. The van der Waals surface area contributed by atoms with Crippen LogP contribution in [0.5, 0.6) is 0 Å². The van der Waals surface area contributed by atoms with Gasteiger partial charge in [-0.25, -0.2) is 4.39 Å². The fourth-order valence-electron chi connectivity index (χ4n) is 4.58. The Hall–Kier alpha value is -3.35. The maximum absolute atomic E-state index is 13.1. The highest BCUT2D eigenvalue weighted by atomic mass is 19.1. The van der Waals surface area contributed by atoms with E-state index in [4.69, 9.17) is 4.42 Å². The molecule has 2 heterocycles. The number of hydrogen-bond acceptors (Lipinski definition) is 5. The van der Waals surface area contributed by atoms with Crippen LogP contribution in [0.25, 0.3) is 11.5 Å². The average molecular weight is 449 g/mol. The van der Waals surface area contributed by atoms with Crippen LogP contribution in [0, 0.1) is 29.5 Å². The molecule has 33 heavy (non-hydrogen) atoms. The molecular formula is C26H29FN4O2. The van der Waals surface area contributed by atoms with Crippen LogP contribution in [0.15, 0.2) is 64.9 Å². The predicted octanol–water partition coefficient (Wildman–Crippen LogP) is 5.10. The SMILES string of the molecule is CC1=C[C@@H](CNC(=O)c2ccc(F)cc2)[C@H](C(C)C)C[C@H]1Cc1nnc(-c2ccncc2)o1. The highest BCUT2D eigenvalue weighted by molar-refractivity contribution is 5.94. The molecule has 0 radical (unpaired) electrons. The first-order valence-electron chi connectivity index (χ1n) is 11.4. The summed E-state index contributed by atoms with van der Waals surface area (Å²) in [6.07, 6.45) is 7.37. The van der Waals surface area contributed by atoms with Gasteiger partial charge in [-0.15, -0.1) is 10.2 Å². The smallest absolute Gasteiger partial charge is 0.251 e. The average Bonchev–Trinajstić information content (AvgIpc) is 3.28. The van der Waals surface area contributed by atoms with E-state index in [-0.39, 0.29) is 17.6 Å². The molecule has 1 N–H and O–H groups in total. The summed E-state index contributed by atoms with van der Waals surface area (Å²) < 4.78 is 19.1. The monoisotopic (exact) mass is 448 g/mol. The van der Waals surface area contributed by atoms with E-state index in [9.17, 15) is 9.18 Å². The number of aromatic nitrogens is 3. The molecule has 3 atom stereocenters. The number of carbonyl (C=O) groups is 1. The molecule has 1 aliphatic rings. The van der Waals surface area contributed by atoms with Crippen LogP contribution in [0.3, 0.4) is 0 Å². The van der Waals surface area contributed by atoms with Crippen molar-refractivity contribution in [1.29, 1.82) is 0 Å². The normalized spacial score (nSPS) is 20.5. The summed E-state index contributed by atoms with van der Waals surface area (Å²) in [7, 11) is 0. The number of benzene rings is 1. The third-order valence-electron chi connectivity index (χ3n) is 6.50. The molecule has 1 aliphatic carbocycles. The Morgan fingerprint density at radius 2 is 1.88 bits per heavy atom. The van der Waals surface area contributed by atoms with Gasteiger partial charge in [0.2, 0.25) is 11.8 Å². The van der Waals surface area contributed by atoms with Gasteiger partial charge in [0, 0.05) is 36.5 Å². The molecule has 1 amide bonds. The first kappa shape index (κ1) is 22.8. The number of amides is 1. The zero-order chi connectivity index (χ0) is 23.4. The van der Waals surface area contributed by atoms with Gasteiger partial charge in [0.25, 0.3) is 5.91 Å². The first-order valence-corrected chi connectivity index (χ1v) is 11.4. The van der Waals surface area contributed by atoms with Crippen molar-refractivity contribution in [2.75, 3.05) is 6.54 Å². The molecule has 0 unspecified atom stereocenters. The minimum atomic E-state index is -0.350. The molecule has 0 saturated carbocycles. The Labute approximate surface area is 193 Å². The van der Waals surface area contributed by atoms with Gasteiger partial charge < -0.3 is 9.73 Å². The number of nitrogens with one attached hydrogen (secondary N) is 1. The quantitative estimate of drug-likeness (QED) is 0.509. The lowest BCUT2D eigenvalue weighted by Crippen LogP contribution is -2.37. The Balaban J connectivity index is 1.42. The van der Waals surface area contributed by atoms with Crippen LogP contribution in [-0.4, -0.2) is 27.6 Å². The van der Waals surface area contributed by atoms with Gasteiger partial charge in [0.15, 0.2) is 0 Å². The molecule has 6 nitrogen and oxygen atoms in total. The Kier molecular flexibility index (Phi) is 6.96. The third kappa shape index (κ3) is 5.53. The van der Waals surface area contributed by atoms with Gasteiger partial charge >= 0.3 is 0 Å². The van der Waals surface area contributed by atoms with Gasteiger partial charge in [-0.2, -0.15) is 0 Å². The Morgan fingerprint density at radius 3 is 2.58 bits per heavy atom. The van der Waals surface area contributed by atoms with E-state index in [2.05, 4.69) is 47.3 Å². The minimum absolute atomic E-state index is 0.180. The molecule has 4 rings (SSSR count). The number of hydrogen-bond donors (Lipinski definition) is 1. The van der Waals surface area contributed by atoms with E-state index in [1.807, 2.05) is 12.1 Å². The lowest BCUT2D eigenvalue weighted by molar-refractivity contribution is 0.0939. The van der Waals surface area contributed by atoms with Crippen molar-refractivity contribution in [3.8, 4) is 11.5 Å². The van der Waals surface area contributed by atoms with Crippen LogP contribution >= 0.6 is 0 Å². The summed E-state index contributed by atoms with van der Waals surface area (Å²) in [4.78, 5) is 16.5. The number of nitrogens with zero attached hydrogens (tertiary/aromatic N) is 3. The predicted molar refractivity (Wildman–Crippen MR) is 124 cm³/mol. The molecule has 0 aliphatic heterocycles. The molecule has 7 heteroatoms. The van der Waals surface area contributed by atoms with E-state index >= 15 is 0 Å². The lowest BCUT2D eigenvalue weighted by Gasteiger charge is -2.37. The van der Waals surface area contributed by atoms with E-state index in [1.54, 1.807) is 12.4 Å². The van der Waals surface area contributed by atoms with Crippen LogP contribution in [0.4, 0.5) is 4.39 Å². The molecule has 2 aromatic heterocycles. The fourth-order valence-corrected chi connectivity index (χ4v) is 4.58. The minimum Gasteiger partial charge on any atom is -0.421 e. The summed E-state index contributed by atoms with van der Waals surface area (Å²) in [6.45, 7) is 7.13. The molecule has 1 aromatic carbocycles. The van der Waals surface area contributed by atoms with Gasteiger partial charge in [-0.05, 0) is 73.4 Å². The summed E-state index contributed by atoms with van der Waals surface area (Å²) in [5.41, 5.74) is 2.60. The first-order chi connectivity index (χ1) is 15.9. The largest absolute Gasteiger partial charge is 0.421 e. The number of carbonyl (C=O) groups excluding carboxylic acids is 1. The van der Waals surface area contributed by atoms with Crippen molar-refractivity contribution in [1.82, 2.24) is 20.5 Å². The zero-order valence-corrected chi connectivity index (χ0v) is 19.2. The maximum atomic E-state index is 13.1. The highest BCUT2D eigenvalue weighted by Crippen LogP contribution is 2.38. The molecular weight excluding hydrogens is 419 g/mol. The van der Waals surface area contributed by atoms with Gasteiger partial charge in [-0.3, -0.25) is 9.78 Å². The summed E-state index contributed by atoms with van der Waals surface area (Å²) in [5.74, 6) is 2.02. The second-order valence-corrected chi connectivity index (χ2v) is 9.07. The third-order valence-corrected chi connectivity index (χ3v) is 6.50. The molecule has 172 valence electrons.